The highest BCUT2D eigenvalue weighted by Gasteiger charge is 2.46. The summed E-state index contributed by atoms with van der Waals surface area (Å²) in [5.74, 6) is -2.10. The number of ether oxygens (including phenoxy) is 1. The van der Waals surface area contributed by atoms with Crippen LogP contribution in [0, 0.1) is 5.92 Å². The highest BCUT2D eigenvalue weighted by Crippen LogP contribution is 2.40. The Hall–Kier alpha value is -4.02. The molecule has 1 unspecified atom stereocenters. The van der Waals surface area contributed by atoms with Gasteiger partial charge in [0.25, 0.3) is 0 Å². The lowest BCUT2D eigenvalue weighted by molar-refractivity contribution is -0.149. The van der Waals surface area contributed by atoms with E-state index < -0.39 is 41.1 Å². The number of nitrogens with one attached hydrogen (secondary N) is 3. The maximum Gasteiger partial charge on any atom is 0.418 e. The minimum Gasteiger partial charge on any atom is -0.497 e. The Morgan fingerprint density at radius 1 is 1.18 bits per heavy atom. The molecule has 4 rings (SSSR count). The number of H-pyrrole nitrogens is 1. The summed E-state index contributed by atoms with van der Waals surface area (Å²) in [5, 5.41) is 15.9. The third-order valence-corrected chi connectivity index (χ3v) is 7.70. The van der Waals surface area contributed by atoms with E-state index in [1.807, 2.05) is 6.92 Å². The van der Waals surface area contributed by atoms with Crippen LogP contribution in [0.25, 0.3) is 10.9 Å². The van der Waals surface area contributed by atoms with Crippen molar-refractivity contribution >= 4 is 28.7 Å². The van der Waals surface area contributed by atoms with E-state index in [1.165, 1.54) is 19.2 Å². The smallest absolute Gasteiger partial charge is 0.418 e. The predicted octanol–water partition coefficient (Wildman–Crippen LogP) is 4.40. The zero-order valence-electron chi connectivity index (χ0n) is 22.4. The van der Waals surface area contributed by atoms with Crippen LogP contribution < -0.4 is 15.4 Å². The van der Waals surface area contributed by atoms with Gasteiger partial charge in [-0.3, -0.25) is 9.59 Å². The summed E-state index contributed by atoms with van der Waals surface area (Å²) in [6.07, 6.45) is -4.16. The molecule has 40 heavy (non-hydrogen) atoms. The number of carbonyl (C=O) groups is 3. The van der Waals surface area contributed by atoms with Crippen LogP contribution in [0.15, 0.2) is 42.5 Å². The zero-order chi connectivity index (χ0) is 29.2. The van der Waals surface area contributed by atoms with Crippen molar-refractivity contribution in [3.05, 3.63) is 64.8 Å². The van der Waals surface area contributed by atoms with E-state index in [4.69, 9.17) is 4.74 Å². The van der Waals surface area contributed by atoms with E-state index in [0.29, 0.717) is 29.0 Å². The lowest BCUT2D eigenvalue weighted by atomic mass is 9.79. The van der Waals surface area contributed by atoms with E-state index in [1.54, 1.807) is 31.2 Å². The Bertz CT molecular complexity index is 1430. The molecule has 1 aliphatic carbocycles. The van der Waals surface area contributed by atoms with Gasteiger partial charge in [-0.25, -0.2) is 4.79 Å². The molecule has 0 saturated carbocycles. The van der Waals surface area contributed by atoms with E-state index >= 15 is 0 Å². The maximum absolute atomic E-state index is 13.6. The second-order valence-corrected chi connectivity index (χ2v) is 10.3. The number of methoxy groups -OCH3 is 1. The van der Waals surface area contributed by atoms with Crippen LogP contribution in [0.1, 0.15) is 49.1 Å². The fourth-order valence-corrected chi connectivity index (χ4v) is 5.26. The van der Waals surface area contributed by atoms with Gasteiger partial charge in [0, 0.05) is 17.5 Å². The van der Waals surface area contributed by atoms with Crippen molar-refractivity contribution in [3.63, 3.8) is 0 Å². The average molecular weight is 560 g/mol. The SMILES string of the molecule is CCC(C)[C@H](NC(=O)Cc1cccc(OC)c1)C(=O)N[C@]1(C(=O)O)CCc2[nH]c3c(C(F)(F)F)cccc3c2C1. The van der Waals surface area contributed by atoms with Gasteiger partial charge < -0.3 is 25.5 Å². The van der Waals surface area contributed by atoms with Gasteiger partial charge in [-0.2, -0.15) is 13.2 Å². The van der Waals surface area contributed by atoms with Crippen LogP contribution in [-0.2, 0) is 39.8 Å². The fourth-order valence-electron chi connectivity index (χ4n) is 5.26. The molecule has 0 spiro atoms. The highest BCUT2D eigenvalue weighted by molar-refractivity contribution is 5.95. The van der Waals surface area contributed by atoms with Crippen molar-refractivity contribution in [2.75, 3.05) is 7.11 Å². The van der Waals surface area contributed by atoms with Gasteiger partial charge in [-0.05, 0) is 48.1 Å². The lowest BCUT2D eigenvalue weighted by Crippen LogP contribution is -2.62. The Labute approximate surface area is 229 Å². The molecule has 3 aromatic rings. The number of carboxylic acid groups (broad SMARTS) is 1. The molecule has 0 fully saturated rings. The molecule has 1 heterocycles. The number of carbonyl (C=O) groups excluding carboxylic acids is 2. The molecule has 8 nitrogen and oxygen atoms in total. The molecule has 11 heteroatoms. The van der Waals surface area contributed by atoms with Crippen molar-refractivity contribution in [2.45, 2.75) is 63.7 Å². The summed E-state index contributed by atoms with van der Waals surface area (Å²) < 4.78 is 46.0. The molecular formula is C29H32F3N3O5. The summed E-state index contributed by atoms with van der Waals surface area (Å²) in [7, 11) is 1.51. The van der Waals surface area contributed by atoms with E-state index in [2.05, 4.69) is 15.6 Å². The van der Waals surface area contributed by atoms with Crippen LogP contribution in [0.4, 0.5) is 13.2 Å². The number of aromatic amines is 1. The number of amides is 2. The number of hydrogen-bond donors (Lipinski definition) is 4. The van der Waals surface area contributed by atoms with Gasteiger partial charge in [-0.1, -0.05) is 44.5 Å². The van der Waals surface area contributed by atoms with E-state index in [0.717, 1.165) is 6.07 Å². The first-order valence-corrected chi connectivity index (χ1v) is 13.1. The second kappa shape index (κ2) is 11.2. The van der Waals surface area contributed by atoms with Crippen molar-refractivity contribution < 1.29 is 37.4 Å². The summed E-state index contributed by atoms with van der Waals surface area (Å²) >= 11 is 0. The highest BCUT2D eigenvalue weighted by atomic mass is 19.4. The van der Waals surface area contributed by atoms with Crippen LogP contribution in [-0.4, -0.2) is 46.6 Å². The predicted molar refractivity (Wildman–Crippen MR) is 142 cm³/mol. The van der Waals surface area contributed by atoms with Gasteiger partial charge in [0.05, 0.1) is 24.6 Å². The normalized spacial score (nSPS) is 18.4. The second-order valence-electron chi connectivity index (χ2n) is 10.3. The first-order chi connectivity index (χ1) is 18.9. The molecule has 3 atom stereocenters. The minimum atomic E-state index is -4.59. The van der Waals surface area contributed by atoms with Gasteiger partial charge in [-0.15, -0.1) is 0 Å². The quantitative estimate of drug-likeness (QED) is 0.310. The lowest BCUT2D eigenvalue weighted by Gasteiger charge is -2.36. The summed E-state index contributed by atoms with van der Waals surface area (Å²) in [4.78, 5) is 41.9. The molecule has 1 aromatic heterocycles. The summed E-state index contributed by atoms with van der Waals surface area (Å²) in [6, 6.07) is 9.72. The molecular weight excluding hydrogens is 527 g/mol. The minimum absolute atomic E-state index is 0.0122. The van der Waals surface area contributed by atoms with Gasteiger partial charge in [0.15, 0.2) is 0 Å². The maximum atomic E-state index is 13.6. The van der Waals surface area contributed by atoms with Crippen LogP contribution >= 0.6 is 0 Å². The van der Waals surface area contributed by atoms with Crippen molar-refractivity contribution in [1.29, 1.82) is 0 Å². The number of para-hydroxylation sites is 1. The van der Waals surface area contributed by atoms with Crippen molar-refractivity contribution in [2.24, 2.45) is 5.92 Å². The number of aryl methyl sites for hydroxylation is 1. The average Bonchev–Trinajstić information content (AvgIpc) is 3.28. The molecule has 2 amide bonds. The number of hydrogen-bond acceptors (Lipinski definition) is 4. The first kappa shape index (κ1) is 29.0. The van der Waals surface area contributed by atoms with Gasteiger partial charge in [0.1, 0.15) is 17.3 Å². The number of rotatable bonds is 9. The Balaban J connectivity index is 1.58. The monoisotopic (exact) mass is 559 g/mol. The topological polar surface area (TPSA) is 121 Å². The summed E-state index contributed by atoms with van der Waals surface area (Å²) in [5.41, 5.74) is -1.06. The van der Waals surface area contributed by atoms with Crippen LogP contribution in [0.5, 0.6) is 5.75 Å². The fraction of sp³-hybridized carbons (Fsp3) is 0.414. The van der Waals surface area contributed by atoms with Crippen LogP contribution in [0.2, 0.25) is 0 Å². The van der Waals surface area contributed by atoms with Gasteiger partial charge in [0.2, 0.25) is 11.8 Å². The molecule has 1 aliphatic rings. The largest absolute Gasteiger partial charge is 0.497 e. The number of carboxylic acids is 1. The van der Waals surface area contributed by atoms with Crippen molar-refractivity contribution in [3.8, 4) is 5.75 Å². The molecule has 0 bridgehead atoms. The van der Waals surface area contributed by atoms with E-state index in [-0.39, 0.29) is 42.5 Å². The van der Waals surface area contributed by atoms with Gasteiger partial charge >= 0.3 is 12.1 Å². The third kappa shape index (κ3) is 5.78. The standard InChI is InChI=1S/C29H32F3N3O5/c1-4-16(2)24(34-23(36)14-17-7-5-8-18(13-17)40-3)26(37)35-28(27(38)39)12-11-22-20(15-28)19-9-6-10-21(25(19)33-22)29(30,31)32/h5-10,13,16,24,33H,4,11-12,14-15H2,1-3H3,(H,34,36)(H,35,37)(H,38,39)/t16?,24-,28+/m0/s1. The molecule has 0 saturated heterocycles. The van der Waals surface area contributed by atoms with Crippen molar-refractivity contribution in [1.82, 2.24) is 15.6 Å². The molecule has 0 aliphatic heterocycles. The zero-order valence-corrected chi connectivity index (χ0v) is 22.4. The Kier molecular flexibility index (Phi) is 8.13. The molecule has 4 N–H and O–H groups in total. The molecule has 2 aromatic carbocycles. The Morgan fingerprint density at radius 2 is 1.90 bits per heavy atom. The number of alkyl halides is 3. The molecule has 214 valence electrons. The summed E-state index contributed by atoms with van der Waals surface area (Å²) in [6.45, 7) is 3.63. The molecule has 0 radical (unpaired) electrons. The number of aromatic nitrogens is 1. The first-order valence-electron chi connectivity index (χ1n) is 13.1. The number of halogens is 3. The number of fused-ring (bicyclic) bond motifs is 3. The van der Waals surface area contributed by atoms with Crippen LogP contribution in [0.3, 0.4) is 0 Å². The Morgan fingerprint density at radius 3 is 2.55 bits per heavy atom. The number of benzene rings is 2. The van der Waals surface area contributed by atoms with E-state index in [9.17, 15) is 32.7 Å². The number of aliphatic carboxylic acids is 1. The third-order valence-electron chi connectivity index (χ3n) is 7.70.